The Morgan fingerprint density at radius 1 is 1.41 bits per heavy atom. The molecule has 1 N–H and O–H groups in total. The monoisotopic (exact) mass is 234 g/mol. The van der Waals surface area contributed by atoms with Gasteiger partial charge in [0.2, 0.25) is 0 Å². The summed E-state index contributed by atoms with van der Waals surface area (Å²) in [5.74, 6) is -0.421. The predicted octanol–water partition coefficient (Wildman–Crippen LogP) is 1.77. The number of rotatable bonds is 3. The Hall–Kier alpha value is -1.84. The first-order chi connectivity index (χ1) is 8.10. The van der Waals surface area contributed by atoms with E-state index in [0.29, 0.717) is 24.2 Å². The number of carboxylic acids is 1. The molecule has 1 saturated carbocycles. The van der Waals surface area contributed by atoms with Crippen LogP contribution < -0.4 is 4.74 Å². The van der Waals surface area contributed by atoms with E-state index in [0.717, 1.165) is 0 Å². The molecule has 90 valence electrons. The minimum atomic E-state index is -1.11. The highest BCUT2D eigenvalue weighted by atomic mass is 16.5. The zero-order valence-electron chi connectivity index (χ0n) is 9.60. The number of ether oxygens (including phenoxy) is 1. The van der Waals surface area contributed by atoms with Crippen molar-refractivity contribution in [2.24, 2.45) is 0 Å². The van der Waals surface area contributed by atoms with Gasteiger partial charge in [-0.3, -0.25) is 9.59 Å². The van der Waals surface area contributed by atoms with Gasteiger partial charge in [0.15, 0.2) is 0 Å². The van der Waals surface area contributed by atoms with Crippen LogP contribution in [0.1, 0.15) is 24.8 Å². The van der Waals surface area contributed by atoms with E-state index >= 15 is 0 Å². The molecule has 1 atom stereocenters. The van der Waals surface area contributed by atoms with Crippen LogP contribution >= 0.6 is 0 Å². The van der Waals surface area contributed by atoms with Crippen LogP contribution in [0.2, 0.25) is 0 Å². The van der Waals surface area contributed by atoms with Crippen molar-refractivity contribution in [1.29, 1.82) is 0 Å². The summed E-state index contributed by atoms with van der Waals surface area (Å²) >= 11 is 0. The van der Waals surface area contributed by atoms with Gasteiger partial charge in [0, 0.05) is 18.4 Å². The Labute approximate surface area is 99.2 Å². The number of para-hydroxylation sites is 1. The lowest BCUT2D eigenvalue weighted by Gasteiger charge is -2.25. The fraction of sp³-hybridized carbons (Fsp3) is 0.385. The highest BCUT2D eigenvalue weighted by Crippen LogP contribution is 2.43. The van der Waals surface area contributed by atoms with Crippen molar-refractivity contribution in [2.45, 2.75) is 24.7 Å². The first-order valence-corrected chi connectivity index (χ1v) is 5.49. The molecule has 4 heteroatoms. The van der Waals surface area contributed by atoms with E-state index < -0.39 is 11.4 Å². The van der Waals surface area contributed by atoms with E-state index in [-0.39, 0.29) is 12.2 Å². The normalized spacial score (nSPS) is 23.7. The van der Waals surface area contributed by atoms with Gasteiger partial charge in [0.1, 0.15) is 16.9 Å². The number of methoxy groups -OCH3 is 1. The van der Waals surface area contributed by atoms with E-state index in [1.54, 1.807) is 24.3 Å². The molecule has 1 aromatic carbocycles. The molecule has 0 aromatic heterocycles. The lowest BCUT2D eigenvalue weighted by molar-refractivity contribution is -0.144. The van der Waals surface area contributed by atoms with Crippen LogP contribution in [0.25, 0.3) is 0 Å². The van der Waals surface area contributed by atoms with Crippen LogP contribution in [0.4, 0.5) is 0 Å². The molecule has 2 rings (SSSR count). The van der Waals surface area contributed by atoms with E-state index in [9.17, 15) is 14.7 Å². The molecule has 17 heavy (non-hydrogen) atoms. The maximum atomic E-state index is 11.5. The molecule has 0 amide bonds. The highest BCUT2D eigenvalue weighted by Gasteiger charge is 2.48. The minimum Gasteiger partial charge on any atom is -0.496 e. The molecule has 1 unspecified atom stereocenters. The molecule has 1 aromatic rings. The highest BCUT2D eigenvalue weighted by molar-refractivity contribution is 5.94. The summed E-state index contributed by atoms with van der Waals surface area (Å²) in [4.78, 5) is 23.0. The molecule has 1 aliphatic carbocycles. The second-order valence-corrected chi connectivity index (χ2v) is 4.30. The predicted molar refractivity (Wildman–Crippen MR) is 61.2 cm³/mol. The lowest BCUT2D eigenvalue weighted by Crippen LogP contribution is -2.33. The number of carbonyl (C=O) groups excluding carboxylic acids is 1. The number of Topliss-reactive ketones (excluding diaryl/α,β-unsaturated/α-hetero) is 1. The average Bonchev–Trinajstić information content (AvgIpc) is 2.73. The van der Waals surface area contributed by atoms with E-state index in [1.807, 2.05) is 0 Å². The van der Waals surface area contributed by atoms with Crippen molar-refractivity contribution >= 4 is 11.8 Å². The number of hydrogen-bond donors (Lipinski definition) is 1. The van der Waals surface area contributed by atoms with Gasteiger partial charge in [-0.1, -0.05) is 18.2 Å². The number of ketones is 1. The molecule has 1 aliphatic rings. The Morgan fingerprint density at radius 3 is 2.65 bits per heavy atom. The summed E-state index contributed by atoms with van der Waals surface area (Å²) in [6, 6.07) is 7.01. The van der Waals surface area contributed by atoms with Crippen molar-refractivity contribution in [1.82, 2.24) is 0 Å². The smallest absolute Gasteiger partial charge is 0.314 e. The third kappa shape index (κ3) is 1.79. The van der Waals surface area contributed by atoms with E-state index in [1.165, 1.54) is 7.11 Å². The summed E-state index contributed by atoms with van der Waals surface area (Å²) in [5.41, 5.74) is -0.509. The van der Waals surface area contributed by atoms with Crippen molar-refractivity contribution in [3.8, 4) is 5.75 Å². The third-order valence-electron chi connectivity index (χ3n) is 3.36. The maximum Gasteiger partial charge on any atom is 0.314 e. The summed E-state index contributed by atoms with van der Waals surface area (Å²) in [5, 5.41) is 9.45. The molecular formula is C13H14O4. The summed E-state index contributed by atoms with van der Waals surface area (Å²) in [6.07, 6.45) is 0.731. The summed E-state index contributed by atoms with van der Waals surface area (Å²) in [7, 11) is 1.51. The fourth-order valence-electron chi connectivity index (χ4n) is 2.43. The van der Waals surface area contributed by atoms with Crippen LogP contribution in [0.3, 0.4) is 0 Å². The number of carbonyl (C=O) groups is 2. The summed E-state index contributed by atoms with van der Waals surface area (Å²) in [6.45, 7) is 0. The van der Waals surface area contributed by atoms with Gasteiger partial charge in [-0.25, -0.2) is 0 Å². The van der Waals surface area contributed by atoms with Crippen molar-refractivity contribution in [3.05, 3.63) is 29.8 Å². The molecule has 0 aliphatic heterocycles. The van der Waals surface area contributed by atoms with Crippen molar-refractivity contribution < 1.29 is 19.4 Å². The van der Waals surface area contributed by atoms with Crippen LogP contribution in [0.5, 0.6) is 5.75 Å². The van der Waals surface area contributed by atoms with E-state index in [4.69, 9.17) is 4.74 Å². The quantitative estimate of drug-likeness (QED) is 0.865. The van der Waals surface area contributed by atoms with Crippen LogP contribution in [0, 0.1) is 0 Å². The van der Waals surface area contributed by atoms with Crippen molar-refractivity contribution in [2.75, 3.05) is 7.11 Å². The second kappa shape index (κ2) is 4.20. The maximum absolute atomic E-state index is 11.5. The number of carboxylic acid groups (broad SMARTS) is 1. The first-order valence-electron chi connectivity index (χ1n) is 5.49. The zero-order chi connectivity index (χ0) is 12.5. The Bertz CT molecular complexity index is 466. The Morgan fingerprint density at radius 2 is 2.12 bits per heavy atom. The van der Waals surface area contributed by atoms with Crippen LogP contribution in [-0.2, 0) is 15.0 Å². The fourth-order valence-corrected chi connectivity index (χ4v) is 2.43. The average molecular weight is 234 g/mol. The van der Waals surface area contributed by atoms with Gasteiger partial charge in [0.05, 0.1) is 7.11 Å². The topological polar surface area (TPSA) is 63.6 Å². The third-order valence-corrected chi connectivity index (χ3v) is 3.36. The zero-order valence-corrected chi connectivity index (χ0v) is 9.60. The van der Waals surface area contributed by atoms with Gasteiger partial charge < -0.3 is 9.84 Å². The molecule has 1 fully saturated rings. The molecule has 0 spiro atoms. The number of hydrogen-bond acceptors (Lipinski definition) is 3. The number of benzene rings is 1. The molecule has 0 bridgehead atoms. The SMILES string of the molecule is COc1ccccc1C1(C(=O)O)CCC(=O)C1. The van der Waals surface area contributed by atoms with E-state index in [2.05, 4.69) is 0 Å². The molecule has 0 radical (unpaired) electrons. The van der Waals surface area contributed by atoms with Gasteiger partial charge in [-0.05, 0) is 12.5 Å². The van der Waals surface area contributed by atoms with Gasteiger partial charge in [-0.15, -0.1) is 0 Å². The standard InChI is InChI=1S/C13H14O4/c1-17-11-5-3-2-4-10(11)13(12(15)16)7-6-9(14)8-13/h2-5H,6-8H2,1H3,(H,15,16). The Kier molecular flexibility index (Phi) is 2.88. The molecule has 4 nitrogen and oxygen atoms in total. The lowest BCUT2D eigenvalue weighted by atomic mass is 9.78. The van der Waals surface area contributed by atoms with Crippen molar-refractivity contribution in [3.63, 3.8) is 0 Å². The largest absolute Gasteiger partial charge is 0.496 e. The first kappa shape index (κ1) is 11.6. The van der Waals surface area contributed by atoms with Gasteiger partial charge in [0.25, 0.3) is 0 Å². The minimum absolute atomic E-state index is 0.00157. The molecular weight excluding hydrogens is 220 g/mol. The van der Waals surface area contributed by atoms with Gasteiger partial charge in [-0.2, -0.15) is 0 Å². The van der Waals surface area contributed by atoms with Crippen LogP contribution in [-0.4, -0.2) is 24.0 Å². The molecule has 0 saturated heterocycles. The molecule has 0 heterocycles. The Balaban J connectivity index is 2.54. The van der Waals surface area contributed by atoms with Gasteiger partial charge >= 0.3 is 5.97 Å². The number of aliphatic carboxylic acids is 1. The van der Waals surface area contributed by atoms with Crippen LogP contribution in [0.15, 0.2) is 24.3 Å². The second-order valence-electron chi connectivity index (χ2n) is 4.30. The summed E-state index contributed by atoms with van der Waals surface area (Å²) < 4.78 is 5.19.